The van der Waals surface area contributed by atoms with Gasteiger partial charge in [-0.2, -0.15) is 0 Å². The zero-order valence-corrected chi connectivity index (χ0v) is 18.1. The molecule has 0 spiro atoms. The summed E-state index contributed by atoms with van der Waals surface area (Å²) in [5, 5.41) is 10.2. The Balaban J connectivity index is 1.42. The topological polar surface area (TPSA) is 77.9 Å². The summed E-state index contributed by atoms with van der Waals surface area (Å²) < 4.78 is 26.5. The number of phenolic OH excluding ortho intramolecular Hbond substituents is 1. The van der Waals surface area contributed by atoms with Gasteiger partial charge in [0, 0.05) is 19.1 Å². The first-order chi connectivity index (χ1) is 14.4. The van der Waals surface area contributed by atoms with E-state index in [9.17, 15) is 18.3 Å². The van der Waals surface area contributed by atoms with E-state index in [1.165, 1.54) is 11.6 Å². The van der Waals surface area contributed by atoms with Gasteiger partial charge in [-0.3, -0.25) is 9.69 Å². The molecule has 0 aromatic heterocycles. The first-order valence-corrected chi connectivity index (χ1v) is 12.1. The van der Waals surface area contributed by atoms with Crippen molar-refractivity contribution < 1.29 is 18.3 Å². The molecule has 1 aliphatic carbocycles. The normalized spacial score (nSPS) is 19.7. The van der Waals surface area contributed by atoms with Crippen molar-refractivity contribution in [1.82, 2.24) is 9.21 Å². The van der Waals surface area contributed by atoms with Crippen LogP contribution in [0.2, 0.25) is 0 Å². The number of sulfonamides is 1. The highest BCUT2D eigenvalue weighted by atomic mass is 32.2. The second kappa shape index (κ2) is 8.40. The van der Waals surface area contributed by atoms with Crippen LogP contribution in [0, 0.1) is 0 Å². The number of rotatable bonds is 7. The third kappa shape index (κ3) is 3.72. The van der Waals surface area contributed by atoms with Gasteiger partial charge >= 0.3 is 0 Å². The molecule has 6 nitrogen and oxygen atoms in total. The third-order valence-corrected chi connectivity index (χ3v) is 8.02. The lowest BCUT2D eigenvalue weighted by Gasteiger charge is -2.35. The smallest absolute Gasteiger partial charge is 0.269 e. The Morgan fingerprint density at radius 1 is 1.13 bits per heavy atom. The highest BCUT2D eigenvalue weighted by Crippen LogP contribution is 2.32. The molecule has 0 radical (unpaired) electrons. The van der Waals surface area contributed by atoms with Crippen molar-refractivity contribution in [2.75, 3.05) is 19.6 Å². The minimum atomic E-state index is -3.74. The van der Waals surface area contributed by atoms with Gasteiger partial charge in [0.25, 0.3) is 15.9 Å². The van der Waals surface area contributed by atoms with Crippen LogP contribution in [0.25, 0.3) is 0 Å². The Bertz CT molecular complexity index is 1050. The van der Waals surface area contributed by atoms with Crippen molar-refractivity contribution in [1.29, 1.82) is 0 Å². The standard InChI is InChI=1S/C23H28N2O4S/c1-2-13-24(18-12-11-17-7-5-9-21(26)20(17)16-18)14-6-15-25-23(27)19-8-3-4-10-22(19)30(25,28)29/h3-5,7-10,18,26H,2,6,11-16H2,1H3. The van der Waals surface area contributed by atoms with Gasteiger partial charge in [-0.05, 0) is 68.0 Å². The summed E-state index contributed by atoms with van der Waals surface area (Å²) in [6.45, 7) is 3.95. The fourth-order valence-corrected chi connectivity index (χ4v) is 6.30. The van der Waals surface area contributed by atoms with Crippen molar-refractivity contribution in [3.05, 3.63) is 59.2 Å². The van der Waals surface area contributed by atoms with Gasteiger partial charge in [0.2, 0.25) is 0 Å². The summed E-state index contributed by atoms with van der Waals surface area (Å²) in [7, 11) is -3.74. The molecule has 2 aromatic carbocycles. The summed E-state index contributed by atoms with van der Waals surface area (Å²) in [6, 6.07) is 12.4. The molecule has 1 amide bonds. The van der Waals surface area contributed by atoms with E-state index in [0.29, 0.717) is 18.2 Å². The summed E-state index contributed by atoms with van der Waals surface area (Å²) >= 11 is 0. The maximum Gasteiger partial charge on any atom is 0.269 e. The average Bonchev–Trinajstić information content (AvgIpc) is 2.94. The molecule has 1 heterocycles. The minimum Gasteiger partial charge on any atom is -0.508 e. The number of phenols is 1. The van der Waals surface area contributed by atoms with Crippen molar-refractivity contribution in [2.45, 2.75) is 50.0 Å². The predicted octanol–water partition coefficient (Wildman–Crippen LogP) is 3.20. The number of carbonyl (C=O) groups excluding carboxylic acids is 1. The summed E-state index contributed by atoms with van der Waals surface area (Å²) in [6.07, 6.45) is 4.33. The first-order valence-electron chi connectivity index (χ1n) is 10.6. The van der Waals surface area contributed by atoms with Crippen LogP contribution in [0.1, 0.15) is 47.7 Å². The largest absolute Gasteiger partial charge is 0.508 e. The molecular formula is C23H28N2O4S. The van der Waals surface area contributed by atoms with Gasteiger partial charge in [-0.25, -0.2) is 12.7 Å². The number of carbonyl (C=O) groups is 1. The van der Waals surface area contributed by atoms with E-state index in [4.69, 9.17) is 0 Å². The number of amides is 1. The highest BCUT2D eigenvalue weighted by molar-refractivity contribution is 7.90. The average molecular weight is 429 g/mol. The van der Waals surface area contributed by atoms with Gasteiger partial charge in [-0.1, -0.05) is 31.2 Å². The molecule has 0 saturated carbocycles. The Morgan fingerprint density at radius 3 is 2.70 bits per heavy atom. The molecule has 7 heteroatoms. The summed E-state index contributed by atoms with van der Waals surface area (Å²) in [4.78, 5) is 15.1. The number of nitrogens with zero attached hydrogens (tertiary/aromatic N) is 2. The van der Waals surface area contributed by atoms with Crippen LogP contribution in [0.4, 0.5) is 0 Å². The number of benzene rings is 2. The second-order valence-electron chi connectivity index (χ2n) is 8.08. The van der Waals surface area contributed by atoms with Crippen molar-refractivity contribution in [3.8, 4) is 5.75 Å². The van der Waals surface area contributed by atoms with Crippen LogP contribution in [-0.2, 0) is 22.9 Å². The van der Waals surface area contributed by atoms with E-state index in [1.807, 2.05) is 6.07 Å². The number of aryl methyl sites for hydroxylation is 1. The monoisotopic (exact) mass is 428 g/mol. The van der Waals surface area contributed by atoms with E-state index >= 15 is 0 Å². The molecule has 0 bridgehead atoms. The third-order valence-electron chi connectivity index (χ3n) is 6.18. The maximum absolute atomic E-state index is 12.7. The Labute approximate surface area is 178 Å². The first kappa shape index (κ1) is 20.9. The molecule has 1 N–H and O–H groups in total. The van der Waals surface area contributed by atoms with Crippen LogP contribution in [0.3, 0.4) is 0 Å². The van der Waals surface area contributed by atoms with Gasteiger partial charge in [0.15, 0.2) is 0 Å². The Kier molecular flexibility index (Phi) is 5.84. The molecule has 1 unspecified atom stereocenters. The highest BCUT2D eigenvalue weighted by Gasteiger charge is 2.40. The van der Waals surface area contributed by atoms with E-state index in [0.717, 1.165) is 48.6 Å². The van der Waals surface area contributed by atoms with Gasteiger partial charge < -0.3 is 5.11 Å². The maximum atomic E-state index is 12.7. The zero-order chi connectivity index (χ0) is 21.3. The predicted molar refractivity (Wildman–Crippen MR) is 115 cm³/mol. The van der Waals surface area contributed by atoms with Crippen LogP contribution in [0.15, 0.2) is 47.4 Å². The molecule has 1 aliphatic heterocycles. The molecular weight excluding hydrogens is 400 g/mol. The fourth-order valence-electron chi connectivity index (χ4n) is 4.70. The number of fused-ring (bicyclic) bond motifs is 2. The zero-order valence-electron chi connectivity index (χ0n) is 17.3. The molecule has 2 aromatic rings. The number of hydrogen-bond donors (Lipinski definition) is 1. The van der Waals surface area contributed by atoms with E-state index < -0.39 is 15.9 Å². The van der Waals surface area contributed by atoms with Gasteiger partial charge in [0.1, 0.15) is 10.6 Å². The lowest BCUT2D eigenvalue weighted by atomic mass is 9.86. The lowest BCUT2D eigenvalue weighted by Crippen LogP contribution is -2.42. The quantitative estimate of drug-likeness (QED) is 0.733. The van der Waals surface area contributed by atoms with E-state index in [1.54, 1.807) is 24.3 Å². The molecule has 30 heavy (non-hydrogen) atoms. The molecule has 1 atom stereocenters. The molecule has 4 rings (SSSR count). The molecule has 0 saturated heterocycles. The van der Waals surface area contributed by atoms with Crippen molar-refractivity contribution in [3.63, 3.8) is 0 Å². The van der Waals surface area contributed by atoms with Crippen LogP contribution < -0.4 is 0 Å². The molecule has 160 valence electrons. The lowest BCUT2D eigenvalue weighted by molar-refractivity contribution is 0.0863. The summed E-state index contributed by atoms with van der Waals surface area (Å²) in [5.41, 5.74) is 2.51. The minimum absolute atomic E-state index is 0.111. The van der Waals surface area contributed by atoms with Crippen molar-refractivity contribution in [2.24, 2.45) is 0 Å². The molecule has 2 aliphatic rings. The number of aromatic hydroxyl groups is 1. The number of hydrogen-bond acceptors (Lipinski definition) is 5. The van der Waals surface area contributed by atoms with Crippen molar-refractivity contribution >= 4 is 15.9 Å². The summed E-state index contributed by atoms with van der Waals surface area (Å²) in [5.74, 6) is -0.0654. The van der Waals surface area contributed by atoms with Gasteiger partial charge in [0.05, 0.1) is 5.56 Å². The second-order valence-corrected chi connectivity index (χ2v) is 9.91. The SMILES string of the molecule is CCCN(CCCN1C(=O)c2ccccc2S1(=O)=O)C1CCc2cccc(O)c2C1. The molecule has 0 fully saturated rings. The Morgan fingerprint density at radius 2 is 1.93 bits per heavy atom. The van der Waals surface area contributed by atoms with E-state index in [-0.39, 0.29) is 17.0 Å². The Hall–Kier alpha value is -2.38. The van der Waals surface area contributed by atoms with Crippen LogP contribution in [0.5, 0.6) is 5.75 Å². The van der Waals surface area contributed by atoms with E-state index in [2.05, 4.69) is 17.9 Å². The van der Waals surface area contributed by atoms with Gasteiger partial charge in [-0.15, -0.1) is 0 Å². The van der Waals surface area contributed by atoms with Crippen LogP contribution in [-0.4, -0.2) is 54.3 Å². The fraction of sp³-hybridized carbons (Fsp3) is 0.435. The van der Waals surface area contributed by atoms with Crippen LogP contribution >= 0.6 is 0 Å².